The number of rotatable bonds is 5. The summed E-state index contributed by atoms with van der Waals surface area (Å²) in [4.78, 5) is 2.56. The third-order valence-electron chi connectivity index (χ3n) is 4.04. The van der Waals surface area contributed by atoms with Gasteiger partial charge in [-0.2, -0.15) is 0 Å². The lowest BCUT2D eigenvalue weighted by Crippen LogP contribution is -2.43. The highest BCUT2D eigenvalue weighted by atomic mass is 79.9. The largest absolute Gasteiger partial charge is 0.307 e. The van der Waals surface area contributed by atoms with Crippen LogP contribution < -0.4 is 5.32 Å². The zero-order valence-electron chi connectivity index (χ0n) is 12.3. The van der Waals surface area contributed by atoms with Crippen molar-refractivity contribution in [1.82, 2.24) is 10.2 Å². The zero-order chi connectivity index (χ0) is 14.5. The SMILES string of the molecule is CCCN1CCC(NC(C)c2ccc(Br)cc2Cl)CC1. The van der Waals surface area contributed by atoms with Crippen LogP contribution in [-0.2, 0) is 0 Å². The van der Waals surface area contributed by atoms with E-state index in [1.54, 1.807) is 0 Å². The molecule has 0 amide bonds. The number of nitrogens with one attached hydrogen (secondary N) is 1. The summed E-state index contributed by atoms with van der Waals surface area (Å²) in [6.07, 6.45) is 3.72. The van der Waals surface area contributed by atoms with Crippen molar-refractivity contribution < 1.29 is 0 Å². The molecule has 1 fully saturated rings. The Hall–Kier alpha value is -0.0900. The molecule has 0 saturated carbocycles. The van der Waals surface area contributed by atoms with E-state index in [1.165, 1.54) is 44.5 Å². The van der Waals surface area contributed by atoms with Crippen LogP contribution in [0.2, 0.25) is 5.02 Å². The Morgan fingerprint density at radius 3 is 2.70 bits per heavy atom. The molecule has 1 aromatic carbocycles. The van der Waals surface area contributed by atoms with Gasteiger partial charge in [0.25, 0.3) is 0 Å². The average Bonchev–Trinajstić information content (AvgIpc) is 2.41. The minimum Gasteiger partial charge on any atom is -0.307 e. The summed E-state index contributed by atoms with van der Waals surface area (Å²) in [5, 5.41) is 4.57. The van der Waals surface area contributed by atoms with Crippen molar-refractivity contribution in [3.8, 4) is 0 Å². The molecule has 20 heavy (non-hydrogen) atoms. The highest BCUT2D eigenvalue weighted by Gasteiger charge is 2.21. The summed E-state index contributed by atoms with van der Waals surface area (Å²) in [5.41, 5.74) is 1.19. The second kappa shape index (κ2) is 7.79. The van der Waals surface area contributed by atoms with Gasteiger partial charge in [-0.25, -0.2) is 0 Å². The molecule has 1 N–H and O–H groups in total. The van der Waals surface area contributed by atoms with E-state index in [9.17, 15) is 0 Å². The Bertz CT molecular complexity index is 430. The predicted octanol–water partition coefficient (Wildman–Crippen LogP) is 4.63. The topological polar surface area (TPSA) is 15.3 Å². The summed E-state index contributed by atoms with van der Waals surface area (Å²) < 4.78 is 1.03. The van der Waals surface area contributed by atoms with Gasteiger partial charge in [0.2, 0.25) is 0 Å². The zero-order valence-corrected chi connectivity index (χ0v) is 14.7. The summed E-state index contributed by atoms with van der Waals surface area (Å²) in [6.45, 7) is 8.12. The molecule has 0 aromatic heterocycles. The van der Waals surface area contributed by atoms with Gasteiger partial charge in [0, 0.05) is 21.6 Å². The van der Waals surface area contributed by atoms with E-state index in [0.29, 0.717) is 12.1 Å². The summed E-state index contributed by atoms with van der Waals surface area (Å²) in [7, 11) is 0. The quantitative estimate of drug-likeness (QED) is 0.824. The Kier molecular flexibility index (Phi) is 6.34. The average molecular weight is 360 g/mol. The van der Waals surface area contributed by atoms with Crippen molar-refractivity contribution in [2.45, 2.75) is 45.2 Å². The van der Waals surface area contributed by atoms with Gasteiger partial charge in [-0.3, -0.25) is 0 Å². The molecule has 1 aliphatic rings. The van der Waals surface area contributed by atoms with Crippen molar-refractivity contribution in [3.63, 3.8) is 0 Å². The number of hydrogen-bond donors (Lipinski definition) is 1. The van der Waals surface area contributed by atoms with Crippen LogP contribution in [0.4, 0.5) is 0 Å². The van der Waals surface area contributed by atoms with Crippen molar-refractivity contribution in [1.29, 1.82) is 0 Å². The number of halogens is 2. The molecule has 0 aliphatic carbocycles. The normalized spacial score (nSPS) is 19.2. The van der Waals surface area contributed by atoms with E-state index < -0.39 is 0 Å². The molecule has 1 aromatic rings. The minimum absolute atomic E-state index is 0.304. The van der Waals surface area contributed by atoms with E-state index in [0.717, 1.165) is 9.50 Å². The van der Waals surface area contributed by atoms with Crippen molar-refractivity contribution >= 4 is 27.5 Å². The van der Waals surface area contributed by atoms with Crippen LogP contribution in [0.25, 0.3) is 0 Å². The van der Waals surface area contributed by atoms with Crippen LogP contribution in [0, 0.1) is 0 Å². The molecule has 0 spiro atoms. The third kappa shape index (κ3) is 4.45. The molecule has 0 bridgehead atoms. The number of nitrogens with zero attached hydrogens (tertiary/aromatic N) is 1. The first-order chi connectivity index (χ1) is 9.60. The van der Waals surface area contributed by atoms with Crippen LogP contribution in [0.1, 0.15) is 44.7 Å². The van der Waals surface area contributed by atoms with Crippen LogP contribution in [0.5, 0.6) is 0 Å². The monoisotopic (exact) mass is 358 g/mol. The summed E-state index contributed by atoms with van der Waals surface area (Å²) in [6, 6.07) is 7.05. The smallest absolute Gasteiger partial charge is 0.0464 e. The van der Waals surface area contributed by atoms with Gasteiger partial charge >= 0.3 is 0 Å². The number of hydrogen-bond acceptors (Lipinski definition) is 2. The van der Waals surface area contributed by atoms with Gasteiger partial charge < -0.3 is 10.2 Å². The first-order valence-corrected chi connectivity index (χ1v) is 8.70. The highest BCUT2D eigenvalue weighted by molar-refractivity contribution is 9.10. The third-order valence-corrected chi connectivity index (χ3v) is 4.86. The lowest BCUT2D eigenvalue weighted by molar-refractivity contribution is 0.192. The lowest BCUT2D eigenvalue weighted by atomic mass is 10.0. The Morgan fingerprint density at radius 1 is 1.40 bits per heavy atom. The van der Waals surface area contributed by atoms with Gasteiger partial charge in [0.1, 0.15) is 0 Å². The van der Waals surface area contributed by atoms with Crippen LogP contribution in [-0.4, -0.2) is 30.6 Å². The molecular weight excluding hydrogens is 336 g/mol. The van der Waals surface area contributed by atoms with Gasteiger partial charge in [-0.1, -0.05) is 40.5 Å². The van der Waals surface area contributed by atoms with Crippen molar-refractivity contribution in [2.75, 3.05) is 19.6 Å². The molecular formula is C16H24BrClN2. The molecule has 1 heterocycles. The fourth-order valence-electron chi connectivity index (χ4n) is 2.94. The van der Waals surface area contributed by atoms with Gasteiger partial charge in [-0.05, 0) is 63.5 Å². The number of piperidine rings is 1. The van der Waals surface area contributed by atoms with Gasteiger partial charge in [-0.15, -0.1) is 0 Å². The summed E-state index contributed by atoms with van der Waals surface area (Å²) >= 11 is 9.78. The van der Waals surface area contributed by atoms with E-state index in [2.05, 4.69) is 52.1 Å². The second-order valence-corrected chi connectivity index (χ2v) is 6.99. The molecule has 2 nitrogen and oxygen atoms in total. The molecule has 1 aliphatic heterocycles. The summed E-state index contributed by atoms with van der Waals surface area (Å²) in [5.74, 6) is 0. The standard InChI is InChI=1S/C16H24BrClN2/c1-3-8-20-9-6-14(7-10-20)19-12(2)15-5-4-13(17)11-16(15)18/h4-5,11-12,14,19H,3,6-10H2,1-2H3. The van der Waals surface area contributed by atoms with Crippen LogP contribution in [0.15, 0.2) is 22.7 Å². The van der Waals surface area contributed by atoms with Crippen molar-refractivity contribution in [2.24, 2.45) is 0 Å². The first kappa shape index (κ1) is 16.3. The first-order valence-electron chi connectivity index (χ1n) is 7.53. The predicted molar refractivity (Wildman–Crippen MR) is 90.5 cm³/mol. The van der Waals surface area contributed by atoms with Crippen molar-refractivity contribution in [3.05, 3.63) is 33.3 Å². The maximum atomic E-state index is 6.33. The molecule has 1 atom stereocenters. The minimum atomic E-state index is 0.304. The van der Waals surface area contributed by atoms with E-state index >= 15 is 0 Å². The van der Waals surface area contributed by atoms with E-state index in [-0.39, 0.29) is 0 Å². The van der Waals surface area contributed by atoms with Crippen LogP contribution >= 0.6 is 27.5 Å². The van der Waals surface area contributed by atoms with E-state index in [4.69, 9.17) is 11.6 Å². The Morgan fingerprint density at radius 2 is 2.10 bits per heavy atom. The molecule has 0 radical (unpaired) electrons. The fourth-order valence-corrected chi connectivity index (χ4v) is 3.77. The van der Waals surface area contributed by atoms with Crippen LogP contribution in [0.3, 0.4) is 0 Å². The fraction of sp³-hybridized carbons (Fsp3) is 0.625. The van der Waals surface area contributed by atoms with Gasteiger partial charge in [0.05, 0.1) is 0 Å². The van der Waals surface area contributed by atoms with Gasteiger partial charge in [0.15, 0.2) is 0 Å². The van der Waals surface area contributed by atoms with E-state index in [1.807, 2.05) is 6.07 Å². The Labute approximate surface area is 136 Å². The molecule has 112 valence electrons. The lowest BCUT2D eigenvalue weighted by Gasteiger charge is -2.34. The molecule has 1 saturated heterocycles. The molecule has 1 unspecified atom stereocenters. The number of likely N-dealkylation sites (tertiary alicyclic amines) is 1. The maximum Gasteiger partial charge on any atom is 0.0464 e. The Balaban J connectivity index is 1.87. The molecule has 4 heteroatoms. The maximum absolute atomic E-state index is 6.33. The number of benzene rings is 1. The highest BCUT2D eigenvalue weighted by Crippen LogP contribution is 2.27. The second-order valence-electron chi connectivity index (χ2n) is 5.67. The molecule has 2 rings (SSSR count).